The van der Waals surface area contributed by atoms with Crippen LogP contribution in [0, 0.1) is 0 Å². The summed E-state index contributed by atoms with van der Waals surface area (Å²) in [6.45, 7) is 8.76. The third-order valence-electron chi connectivity index (χ3n) is 9.32. The van der Waals surface area contributed by atoms with Gasteiger partial charge in [0.05, 0.1) is 0 Å². The Balaban J connectivity index is 0.000000182. The van der Waals surface area contributed by atoms with E-state index < -0.39 is 20.8 Å². The van der Waals surface area contributed by atoms with Crippen LogP contribution in [0.25, 0.3) is 66.1 Å². The van der Waals surface area contributed by atoms with Crippen LogP contribution in [0.5, 0.6) is 0 Å². The van der Waals surface area contributed by atoms with E-state index in [1.165, 1.54) is 90.0 Å². The van der Waals surface area contributed by atoms with Crippen LogP contribution in [0.4, 0.5) is 0 Å². The van der Waals surface area contributed by atoms with Gasteiger partial charge in [-0.3, -0.25) is 0 Å². The first-order valence-electron chi connectivity index (χ1n) is 18.8. The second kappa shape index (κ2) is 21.9. The predicted octanol–water partition coefficient (Wildman–Crippen LogP) is 15.9. The Morgan fingerprint density at radius 3 is 1.15 bits per heavy atom. The molecule has 0 aliphatic heterocycles. The van der Waals surface area contributed by atoms with Crippen molar-refractivity contribution in [2.75, 3.05) is 0 Å². The van der Waals surface area contributed by atoms with Crippen LogP contribution in [0.15, 0.2) is 170 Å². The fourth-order valence-electron chi connectivity index (χ4n) is 6.85. The van der Waals surface area contributed by atoms with Crippen LogP contribution in [0.2, 0.25) is 13.1 Å². The van der Waals surface area contributed by atoms with Crippen LogP contribution in [0.1, 0.15) is 37.8 Å². The molecule has 0 N–H and O–H groups in total. The molecular weight excluding hydrogens is 791 g/mol. The number of aryl methyl sites for hydroxylation is 2. The number of fused-ring (bicyclic) bond motifs is 2. The predicted molar refractivity (Wildman–Crippen MR) is 238 cm³/mol. The zero-order valence-corrected chi connectivity index (χ0v) is 36.7. The van der Waals surface area contributed by atoms with Crippen molar-refractivity contribution in [2.24, 2.45) is 0 Å². The minimum atomic E-state index is -0.826. The van der Waals surface area contributed by atoms with E-state index in [2.05, 4.69) is 197 Å². The molecule has 0 atom stereocenters. The summed E-state index contributed by atoms with van der Waals surface area (Å²) in [5, 5.41) is 5.28. The van der Waals surface area contributed by atoms with E-state index in [4.69, 9.17) is 17.0 Å². The van der Waals surface area contributed by atoms with Crippen molar-refractivity contribution in [2.45, 2.75) is 52.6 Å². The summed E-state index contributed by atoms with van der Waals surface area (Å²) >= 11 is -0.826. The zero-order chi connectivity index (χ0) is 38.1. The molecule has 8 aromatic rings. The molecule has 0 fully saturated rings. The first-order valence-corrected chi connectivity index (χ1v) is 27.1. The van der Waals surface area contributed by atoms with Gasteiger partial charge in [-0.05, 0) is 35.1 Å². The molecule has 0 saturated carbocycles. The molecule has 0 aliphatic rings. The average molecular weight is 839 g/mol. The standard InChI is InChI=1S/2C24H21.C2H6Si.2ClH.Zr/c2*1-2-7-18-12-14-20(15-13-18)23-11-6-10-21-16-22(17-24(21)23)19-8-4-3-5-9-19;1-3-2;;;/h2*3-6,8-17H,2,7H2,1H3;1-2H3;2*1H;/q2*-1;;;;+4/p-2. The molecule has 0 aromatic heterocycles. The van der Waals surface area contributed by atoms with Crippen molar-refractivity contribution >= 4 is 48.1 Å². The third kappa shape index (κ3) is 11.1. The quantitative estimate of drug-likeness (QED) is 0.106. The van der Waals surface area contributed by atoms with Gasteiger partial charge in [0.1, 0.15) is 0 Å². The Kier molecular flexibility index (Phi) is 16.8. The first-order chi connectivity index (χ1) is 26.5. The van der Waals surface area contributed by atoms with Crippen molar-refractivity contribution < 1.29 is 20.8 Å². The molecular formula is C50H48Cl2SiZr. The van der Waals surface area contributed by atoms with Gasteiger partial charge in [0.2, 0.25) is 0 Å². The number of hydrogen-bond donors (Lipinski definition) is 0. The van der Waals surface area contributed by atoms with Gasteiger partial charge in [-0.1, -0.05) is 195 Å². The summed E-state index contributed by atoms with van der Waals surface area (Å²) in [6, 6.07) is 61.7. The Morgan fingerprint density at radius 1 is 0.463 bits per heavy atom. The van der Waals surface area contributed by atoms with Crippen LogP contribution >= 0.6 is 17.0 Å². The van der Waals surface area contributed by atoms with Crippen LogP contribution in [-0.2, 0) is 33.7 Å². The summed E-state index contributed by atoms with van der Waals surface area (Å²) < 4.78 is 0. The zero-order valence-electron chi connectivity index (χ0n) is 31.8. The van der Waals surface area contributed by atoms with Gasteiger partial charge in [-0.15, -0.1) is 69.1 Å². The monoisotopic (exact) mass is 836 g/mol. The molecule has 0 aliphatic carbocycles. The molecule has 4 heteroatoms. The normalized spacial score (nSPS) is 10.3. The molecule has 0 heterocycles. The fourth-order valence-corrected chi connectivity index (χ4v) is 6.85. The van der Waals surface area contributed by atoms with Gasteiger partial charge >= 0.3 is 37.9 Å². The van der Waals surface area contributed by atoms with E-state index in [9.17, 15) is 0 Å². The van der Waals surface area contributed by atoms with Gasteiger partial charge < -0.3 is 0 Å². The van der Waals surface area contributed by atoms with E-state index in [1.807, 2.05) is 0 Å². The average Bonchev–Trinajstić information content (AvgIpc) is 3.86. The number of halogens is 2. The Labute approximate surface area is 344 Å². The van der Waals surface area contributed by atoms with Gasteiger partial charge in [0.25, 0.3) is 0 Å². The molecule has 0 unspecified atom stereocenters. The summed E-state index contributed by atoms with van der Waals surface area (Å²) in [7, 11) is 11.0. The maximum absolute atomic E-state index is 4.93. The van der Waals surface area contributed by atoms with Crippen molar-refractivity contribution in [1.82, 2.24) is 0 Å². The number of hydrogen-bond acceptors (Lipinski definition) is 0. The summed E-state index contributed by atoms with van der Waals surface area (Å²) in [5.41, 5.74) is 13.2. The number of rotatable bonds is 8. The van der Waals surface area contributed by atoms with E-state index >= 15 is 0 Å². The summed E-state index contributed by atoms with van der Waals surface area (Å²) in [6.07, 6.45) is 4.69. The van der Waals surface area contributed by atoms with E-state index in [-0.39, 0.29) is 0 Å². The van der Waals surface area contributed by atoms with Crippen molar-refractivity contribution in [1.29, 1.82) is 0 Å². The third-order valence-corrected chi connectivity index (χ3v) is 9.32. The topological polar surface area (TPSA) is 0 Å². The Bertz CT molecular complexity index is 2100. The molecule has 0 bridgehead atoms. The van der Waals surface area contributed by atoms with E-state index in [0.717, 1.165) is 22.4 Å². The maximum atomic E-state index is 4.93. The summed E-state index contributed by atoms with van der Waals surface area (Å²) in [4.78, 5) is 0. The fraction of sp³-hybridized carbons (Fsp3) is 0.160. The SMILES string of the molecule is CCCc1ccc(-c2cccc3[cH-]c(-c4ccccc4)cc23)cc1.CCCc1ccc(-c2cccc3[cH-]c(-c4ccccc4)cc23)cc1.C[Si]C.[Cl][Zr+2][Cl]. The van der Waals surface area contributed by atoms with Gasteiger partial charge in [0.15, 0.2) is 0 Å². The molecule has 0 amide bonds. The molecule has 0 saturated heterocycles. The first kappa shape index (κ1) is 41.4. The van der Waals surface area contributed by atoms with Crippen LogP contribution in [0.3, 0.4) is 0 Å². The second-order valence-electron chi connectivity index (χ2n) is 13.3. The van der Waals surface area contributed by atoms with E-state index in [1.54, 1.807) is 0 Å². The molecule has 54 heavy (non-hydrogen) atoms. The molecule has 0 nitrogen and oxygen atoms in total. The Morgan fingerprint density at radius 2 is 0.815 bits per heavy atom. The van der Waals surface area contributed by atoms with Gasteiger partial charge in [0, 0.05) is 9.52 Å². The van der Waals surface area contributed by atoms with Gasteiger partial charge in [-0.2, -0.15) is 0 Å². The molecule has 2 radical (unpaired) electrons. The Hall–Kier alpha value is -3.78. The minimum absolute atomic E-state index is 0.826. The molecule has 0 spiro atoms. The molecule has 270 valence electrons. The molecule has 8 rings (SSSR count). The van der Waals surface area contributed by atoms with Crippen LogP contribution in [-0.4, -0.2) is 9.52 Å². The second-order valence-corrected chi connectivity index (χ2v) is 18.0. The van der Waals surface area contributed by atoms with Crippen LogP contribution < -0.4 is 0 Å². The van der Waals surface area contributed by atoms with E-state index in [0.29, 0.717) is 0 Å². The van der Waals surface area contributed by atoms with Crippen molar-refractivity contribution in [3.8, 4) is 44.5 Å². The number of benzene rings is 6. The van der Waals surface area contributed by atoms with Gasteiger partial charge in [-0.25, -0.2) is 0 Å². The molecule has 8 aromatic carbocycles. The van der Waals surface area contributed by atoms with Crippen molar-refractivity contribution in [3.63, 3.8) is 0 Å². The summed E-state index contributed by atoms with van der Waals surface area (Å²) in [5.74, 6) is 0. The van der Waals surface area contributed by atoms with Crippen molar-refractivity contribution in [3.05, 3.63) is 181 Å².